The van der Waals surface area contributed by atoms with Crippen molar-refractivity contribution in [2.24, 2.45) is 0 Å². The van der Waals surface area contributed by atoms with Crippen LogP contribution in [0.25, 0.3) is 0 Å². The highest BCUT2D eigenvalue weighted by Crippen LogP contribution is 2.18. The third-order valence-electron chi connectivity index (χ3n) is 3.25. The van der Waals surface area contributed by atoms with Crippen molar-refractivity contribution < 1.29 is 9.53 Å². The van der Waals surface area contributed by atoms with Gasteiger partial charge in [0.25, 0.3) is 0 Å². The quantitative estimate of drug-likeness (QED) is 0.764. The van der Waals surface area contributed by atoms with Crippen LogP contribution in [-0.2, 0) is 4.79 Å². The first-order valence-electron chi connectivity index (χ1n) is 6.75. The number of aromatic nitrogens is 1. The predicted octanol–water partition coefficient (Wildman–Crippen LogP) is 2.42. The number of hydrogen-bond acceptors (Lipinski definition) is 3. The van der Waals surface area contributed by atoms with Gasteiger partial charge in [0.15, 0.2) is 0 Å². The lowest BCUT2D eigenvalue weighted by Crippen LogP contribution is -2.44. The molecule has 0 N–H and O–H groups in total. The number of ether oxygens (including phenoxy) is 1. The molecule has 0 bridgehead atoms. The van der Waals surface area contributed by atoms with E-state index in [0.29, 0.717) is 13.0 Å². The summed E-state index contributed by atoms with van der Waals surface area (Å²) in [5, 5.41) is 0. The second-order valence-corrected chi connectivity index (χ2v) is 4.73. The lowest BCUT2D eigenvalue weighted by Gasteiger charge is -2.33. The molecule has 1 saturated heterocycles. The van der Waals surface area contributed by atoms with E-state index in [9.17, 15) is 4.79 Å². The molecule has 0 unspecified atom stereocenters. The van der Waals surface area contributed by atoms with Crippen LogP contribution in [0.2, 0.25) is 0 Å². The van der Waals surface area contributed by atoms with E-state index in [4.69, 9.17) is 4.74 Å². The molecule has 0 radical (unpaired) electrons. The second kappa shape index (κ2) is 6.92. The van der Waals surface area contributed by atoms with Gasteiger partial charge in [-0.1, -0.05) is 6.08 Å². The van der Waals surface area contributed by atoms with Crippen LogP contribution in [0.1, 0.15) is 25.7 Å². The zero-order chi connectivity index (χ0) is 13.5. The maximum Gasteiger partial charge on any atom is 0.223 e. The Bertz CT molecular complexity index is 419. The Morgan fingerprint density at radius 2 is 2.32 bits per heavy atom. The minimum atomic E-state index is 0.0869. The normalized spacial score (nSPS) is 18.9. The van der Waals surface area contributed by atoms with E-state index in [1.807, 2.05) is 17.0 Å². The molecule has 102 valence electrons. The average molecular weight is 260 g/mol. The van der Waals surface area contributed by atoms with E-state index in [0.717, 1.165) is 31.6 Å². The van der Waals surface area contributed by atoms with Crippen molar-refractivity contribution in [3.63, 3.8) is 0 Å². The fourth-order valence-electron chi connectivity index (χ4n) is 2.25. The Morgan fingerprint density at radius 3 is 3.05 bits per heavy atom. The average Bonchev–Trinajstić information content (AvgIpc) is 2.46. The van der Waals surface area contributed by atoms with Gasteiger partial charge in [-0.15, -0.1) is 6.58 Å². The molecule has 0 aliphatic carbocycles. The second-order valence-electron chi connectivity index (χ2n) is 4.73. The molecule has 4 nitrogen and oxygen atoms in total. The van der Waals surface area contributed by atoms with Crippen LogP contribution in [0.4, 0.5) is 0 Å². The molecule has 4 heteroatoms. The molecule has 1 amide bonds. The van der Waals surface area contributed by atoms with Crippen molar-refractivity contribution in [2.45, 2.75) is 31.8 Å². The Kier molecular flexibility index (Phi) is 4.95. The van der Waals surface area contributed by atoms with Crippen molar-refractivity contribution in [3.05, 3.63) is 37.2 Å². The summed E-state index contributed by atoms with van der Waals surface area (Å²) in [5.74, 6) is 1.02. The summed E-state index contributed by atoms with van der Waals surface area (Å²) in [7, 11) is 0. The Morgan fingerprint density at radius 1 is 1.53 bits per heavy atom. The van der Waals surface area contributed by atoms with Crippen LogP contribution in [0, 0.1) is 0 Å². The van der Waals surface area contributed by atoms with E-state index in [1.54, 1.807) is 18.5 Å². The topological polar surface area (TPSA) is 42.4 Å². The monoisotopic (exact) mass is 260 g/mol. The summed E-state index contributed by atoms with van der Waals surface area (Å²) in [6, 6.07) is 3.69. The van der Waals surface area contributed by atoms with Gasteiger partial charge in [0.05, 0.1) is 6.54 Å². The van der Waals surface area contributed by atoms with Gasteiger partial charge >= 0.3 is 0 Å². The van der Waals surface area contributed by atoms with Gasteiger partial charge in [0.1, 0.15) is 11.9 Å². The summed E-state index contributed by atoms with van der Waals surface area (Å²) in [6.45, 7) is 5.17. The van der Waals surface area contributed by atoms with Crippen LogP contribution in [0.3, 0.4) is 0 Å². The van der Waals surface area contributed by atoms with Gasteiger partial charge in [-0.2, -0.15) is 0 Å². The van der Waals surface area contributed by atoms with Gasteiger partial charge in [-0.05, 0) is 31.4 Å². The number of rotatable bonds is 5. The standard InChI is InChI=1S/C15H20N2O2/c1-2-3-6-15(18)17-11-4-5-14(12-17)19-13-7-9-16-10-8-13/h2,7-10,14H,1,3-6,11-12H2/t14-/m1/s1. The third-order valence-corrected chi connectivity index (χ3v) is 3.25. The number of allylic oxidation sites excluding steroid dienone is 1. The smallest absolute Gasteiger partial charge is 0.223 e. The molecule has 19 heavy (non-hydrogen) atoms. The van der Waals surface area contributed by atoms with Crippen molar-refractivity contribution in [1.82, 2.24) is 9.88 Å². The van der Waals surface area contributed by atoms with Crippen LogP contribution in [0.15, 0.2) is 37.2 Å². The fourth-order valence-corrected chi connectivity index (χ4v) is 2.25. The number of likely N-dealkylation sites (tertiary alicyclic amines) is 1. The molecular formula is C15H20N2O2. The minimum Gasteiger partial charge on any atom is -0.488 e. The Hall–Kier alpha value is -1.84. The highest BCUT2D eigenvalue weighted by atomic mass is 16.5. The molecule has 0 aromatic carbocycles. The predicted molar refractivity (Wildman–Crippen MR) is 73.9 cm³/mol. The highest BCUT2D eigenvalue weighted by Gasteiger charge is 2.24. The van der Waals surface area contributed by atoms with Crippen molar-refractivity contribution in [2.75, 3.05) is 13.1 Å². The summed E-state index contributed by atoms with van der Waals surface area (Å²) >= 11 is 0. The summed E-state index contributed by atoms with van der Waals surface area (Å²) in [4.78, 5) is 17.8. The van der Waals surface area contributed by atoms with Gasteiger partial charge in [0, 0.05) is 25.4 Å². The molecule has 1 aromatic rings. The Labute approximate surface area is 114 Å². The first kappa shape index (κ1) is 13.6. The molecular weight excluding hydrogens is 240 g/mol. The molecule has 0 saturated carbocycles. The van der Waals surface area contributed by atoms with E-state index in [-0.39, 0.29) is 12.0 Å². The van der Waals surface area contributed by atoms with Crippen molar-refractivity contribution >= 4 is 5.91 Å². The molecule has 0 spiro atoms. The summed E-state index contributed by atoms with van der Waals surface area (Å²) in [5.41, 5.74) is 0. The first-order chi connectivity index (χ1) is 9.29. The number of carbonyl (C=O) groups excluding carboxylic acids is 1. The maximum atomic E-state index is 12.0. The maximum absolute atomic E-state index is 12.0. The summed E-state index contributed by atoms with van der Waals surface area (Å²) in [6.07, 6.45) is 8.58. The zero-order valence-corrected chi connectivity index (χ0v) is 11.1. The van der Waals surface area contributed by atoms with E-state index in [2.05, 4.69) is 11.6 Å². The van der Waals surface area contributed by atoms with E-state index < -0.39 is 0 Å². The van der Waals surface area contributed by atoms with Gasteiger partial charge in [-0.3, -0.25) is 9.78 Å². The van der Waals surface area contributed by atoms with Crippen LogP contribution in [-0.4, -0.2) is 35.0 Å². The third kappa shape index (κ3) is 4.09. The van der Waals surface area contributed by atoms with Crippen molar-refractivity contribution in [1.29, 1.82) is 0 Å². The number of amides is 1. The summed E-state index contributed by atoms with van der Waals surface area (Å²) < 4.78 is 5.89. The van der Waals surface area contributed by atoms with Crippen LogP contribution < -0.4 is 4.74 Å². The number of pyridine rings is 1. The highest BCUT2D eigenvalue weighted by molar-refractivity contribution is 5.76. The number of nitrogens with zero attached hydrogens (tertiary/aromatic N) is 2. The Balaban J connectivity index is 1.86. The molecule has 2 heterocycles. The van der Waals surface area contributed by atoms with Gasteiger partial charge in [-0.25, -0.2) is 0 Å². The van der Waals surface area contributed by atoms with E-state index >= 15 is 0 Å². The van der Waals surface area contributed by atoms with Crippen molar-refractivity contribution in [3.8, 4) is 5.75 Å². The molecule has 2 rings (SSSR count). The zero-order valence-electron chi connectivity index (χ0n) is 11.1. The fraction of sp³-hybridized carbons (Fsp3) is 0.467. The van der Waals surface area contributed by atoms with Gasteiger partial charge < -0.3 is 9.64 Å². The molecule has 1 aromatic heterocycles. The number of carbonyl (C=O) groups is 1. The molecule has 1 fully saturated rings. The number of hydrogen-bond donors (Lipinski definition) is 0. The SMILES string of the molecule is C=CCCC(=O)N1CCC[C@@H](Oc2ccncc2)C1. The lowest BCUT2D eigenvalue weighted by atomic mass is 10.1. The molecule has 1 aliphatic heterocycles. The molecule has 1 aliphatic rings. The molecule has 1 atom stereocenters. The largest absolute Gasteiger partial charge is 0.488 e. The van der Waals surface area contributed by atoms with Crippen LogP contribution in [0.5, 0.6) is 5.75 Å². The first-order valence-corrected chi connectivity index (χ1v) is 6.75. The number of piperidine rings is 1. The van der Waals surface area contributed by atoms with E-state index in [1.165, 1.54) is 0 Å². The van der Waals surface area contributed by atoms with Gasteiger partial charge in [0.2, 0.25) is 5.91 Å². The van der Waals surface area contributed by atoms with Crippen LogP contribution >= 0.6 is 0 Å². The minimum absolute atomic E-state index is 0.0869. The lowest BCUT2D eigenvalue weighted by molar-refractivity contribution is -0.133.